The number of fused-ring (bicyclic) bond motifs is 1. The number of carbonyl (C=O) groups is 2. The summed E-state index contributed by atoms with van der Waals surface area (Å²) in [5, 5.41) is 13.7. The van der Waals surface area contributed by atoms with E-state index in [1.54, 1.807) is 23.6 Å². The van der Waals surface area contributed by atoms with Crippen LogP contribution in [-0.2, 0) is 22.6 Å². The van der Waals surface area contributed by atoms with Crippen molar-refractivity contribution in [3.05, 3.63) is 101 Å². The zero-order chi connectivity index (χ0) is 31.8. The lowest BCUT2D eigenvalue weighted by Crippen LogP contribution is -2.53. The number of hydrogen-bond donors (Lipinski definition) is 2. The van der Waals surface area contributed by atoms with Gasteiger partial charge in [0.2, 0.25) is 11.8 Å². The number of nitrogens with one attached hydrogen (secondary N) is 1. The van der Waals surface area contributed by atoms with Gasteiger partial charge in [-0.15, -0.1) is 0 Å². The van der Waals surface area contributed by atoms with Crippen molar-refractivity contribution in [2.75, 3.05) is 26.7 Å². The highest BCUT2D eigenvalue weighted by molar-refractivity contribution is 6.45. The normalized spacial score (nSPS) is 15.4. The zero-order valence-corrected chi connectivity index (χ0v) is 26.9. The van der Waals surface area contributed by atoms with Crippen LogP contribution in [0.25, 0.3) is 0 Å². The third kappa shape index (κ3) is 8.08. The molecule has 234 valence electrons. The van der Waals surface area contributed by atoms with Crippen LogP contribution < -0.4 is 10.1 Å². The van der Waals surface area contributed by atoms with Gasteiger partial charge in [0.15, 0.2) is 0 Å². The molecule has 1 aliphatic rings. The summed E-state index contributed by atoms with van der Waals surface area (Å²) in [4.78, 5) is 34.1. The molecule has 2 atom stereocenters. The second-order valence-corrected chi connectivity index (χ2v) is 12.1. The van der Waals surface area contributed by atoms with Gasteiger partial charge >= 0.3 is 7.05 Å². The van der Waals surface area contributed by atoms with E-state index in [1.165, 1.54) is 0 Å². The highest BCUT2D eigenvalue weighted by Crippen LogP contribution is 2.36. The summed E-state index contributed by atoms with van der Waals surface area (Å²) in [6, 6.07) is 24.4. The average Bonchev–Trinajstić information content (AvgIpc) is 3.01. The number of rotatable bonds is 13. The number of carbonyl (C=O) groups excluding carboxylic acids is 2. The molecule has 0 aromatic heterocycles. The lowest BCUT2D eigenvalue weighted by molar-refractivity contribution is -0.144. The Bertz CT molecular complexity index is 1360. The molecule has 0 fully saturated rings. The predicted octanol–water partition coefficient (Wildman–Crippen LogP) is 4.71. The molecule has 0 aliphatic carbocycles. The molecule has 0 radical (unpaired) electrons. The molecule has 2 unspecified atom stereocenters. The van der Waals surface area contributed by atoms with Crippen molar-refractivity contribution in [1.82, 2.24) is 19.9 Å². The Morgan fingerprint density at radius 1 is 1.00 bits per heavy atom. The first-order valence-electron chi connectivity index (χ1n) is 15.7. The van der Waals surface area contributed by atoms with Crippen molar-refractivity contribution >= 4 is 18.9 Å². The fourth-order valence-corrected chi connectivity index (χ4v) is 6.03. The Kier molecular flexibility index (Phi) is 11.6. The Hall–Kier alpha value is -3.66. The topological polar surface area (TPSA) is 85.4 Å². The van der Waals surface area contributed by atoms with E-state index in [4.69, 9.17) is 4.74 Å². The first-order chi connectivity index (χ1) is 21.1. The van der Waals surface area contributed by atoms with Crippen molar-refractivity contribution < 1.29 is 19.3 Å². The third-order valence-corrected chi connectivity index (χ3v) is 8.46. The molecule has 9 heteroatoms. The van der Waals surface area contributed by atoms with Gasteiger partial charge in [-0.3, -0.25) is 14.5 Å². The molecule has 4 rings (SSSR count). The summed E-state index contributed by atoms with van der Waals surface area (Å²) < 4.78 is 6.10. The second kappa shape index (κ2) is 15.4. The minimum atomic E-state index is -0.865. The molecule has 0 bridgehead atoms. The first-order valence-corrected chi connectivity index (χ1v) is 15.7. The zero-order valence-electron chi connectivity index (χ0n) is 26.9. The van der Waals surface area contributed by atoms with Crippen LogP contribution in [-0.4, -0.2) is 77.3 Å². The fourth-order valence-electron chi connectivity index (χ4n) is 6.03. The molecule has 2 N–H and O–H groups in total. The maximum Gasteiger partial charge on any atom is 0.377 e. The molecule has 8 nitrogen and oxygen atoms in total. The first kappa shape index (κ1) is 33.2. The van der Waals surface area contributed by atoms with Crippen LogP contribution in [0.4, 0.5) is 0 Å². The van der Waals surface area contributed by atoms with Crippen LogP contribution in [0.2, 0.25) is 6.82 Å². The summed E-state index contributed by atoms with van der Waals surface area (Å²) >= 11 is 0. The molecule has 1 heterocycles. The van der Waals surface area contributed by atoms with E-state index >= 15 is 0 Å². The molecule has 3 aromatic rings. The standard InChI is InChI=1S/C35H47BN4O4/c1-25(2)39(26(3)4)22-20-37-34(41)33-31-18-17-30(44-24-27-13-9-7-10-14-27)23-29(31)19-21-40(33)35(42)32(38(6)36(5)43)28-15-11-8-12-16-28/h7-18,23,25-26,32-33,43H,19-22,24H2,1-6H3,(H,37,41). The number of nitrogens with zero attached hydrogens (tertiary/aromatic N) is 3. The highest BCUT2D eigenvalue weighted by atomic mass is 16.5. The van der Waals surface area contributed by atoms with Crippen LogP contribution in [0.5, 0.6) is 5.75 Å². The van der Waals surface area contributed by atoms with E-state index in [2.05, 4.69) is 37.9 Å². The number of benzene rings is 3. The highest BCUT2D eigenvalue weighted by Gasteiger charge is 2.41. The van der Waals surface area contributed by atoms with E-state index in [0.29, 0.717) is 44.7 Å². The summed E-state index contributed by atoms with van der Waals surface area (Å²) in [6.07, 6.45) is 0.585. The monoisotopic (exact) mass is 598 g/mol. The van der Waals surface area contributed by atoms with E-state index in [-0.39, 0.29) is 11.8 Å². The van der Waals surface area contributed by atoms with Gasteiger partial charge in [-0.2, -0.15) is 0 Å². The summed E-state index contributed by atoms with van der Waals surface area (Å²) in [5.74, 6) is 0.295. The molecule has 0 saturated heterocycles. The molecule has 0 spiro atoms. The van der Waals surface area contributed by atoms with Gasteiger partial charge in [-0.05, 0) is 82.4 Å². The Labute approximate surface area is 263 Å². The van der Waals surface area contributed by atoms with E-state index in [0.717, 1.165) is 28.0 Å². The van der Waals surface area contributed by atoms with Crippen molar-refractivity contribution in [3.8, 4) is 5.75 Å². The van der Waals surface area contributed by atoms with Crippen LogP contribution >= 0.6 is 0 Å². The molecule has 2 amide bonds. The van der Waals surface area contributed by atoms with E-state index in [9.17, 15) is 14.6 Å². The second-order valence-electron chi connectivity index (χ2n) is 12.1. The van der Waals surface area contributed by atoms with Gasteiger partial charge in [0.1, 0.15) is 24.4 Å². The summed E-state index contributed by atoms with van der Waals surface area (Å²) in [7, 11) is 0.867. The minimum Gasteiger partial charge on any atom is -0.489 e. The quantitative estimate of drug-likeness (QED) is 0.278. The van der Waals surface area contributed by atoms with E-state index in [1.807, 2.05) is 78.9 Å². The maximum atomic E-state index is 14.4. The number of likely N-dealkylation sites (N-methyl/N-ethyl adjacent to an activating group) is 1. The van der Waals surface area contributed by atoms with Gasteiger partial charge in [-0.1, -0.05) is 66.7 Å². The van der Waals surface area contributed by atoms with Gasteiger partial charge in [0.25, 0.3) is 0 Å². The number of ether oxygens (including phenoxy) is 1. The molecular formula is C35H47BN4O4. The molecular weight excluding hydrogens is 551 g/mol. The van der Waals surface area contributed by atoms with Crippen molar-refractivity contribution in [3.63, 3.8) is 0 Å². The van der Waals surface area contributed by atoms with Gasteiger partial charge < -0.3 is 24.8 Å². The fraction of sp³-hybridized carbons (Fsp3) is 0.429. The lowest BCUT2D eigenvalue weighted by atomic mass is 9.81. The Morgan fingerprint density at radius 3 is 2.25 bits per heavy atom. The van der Waals surface area contributed by atoms with Gasteiger partial charge in [-0.25, -0.2) is 0 Å². The molecule has 1 aliphatic heterocycles. The predicted molar refractivity (Wildman–Crippen MR) is 176 cm³/mol. The van der Waals surface area contributed by atoms with Crippen LogP contribution in [0.1, 0.15) is 62.0 Å². The SMILES string of the molecule is CB(O)N(C)C(C(=O)N1CCc2cc(OCc3ccccc3)ccc2C1C(=O)NCCN(C(C)C)C(C)C)c1ccccc1. The van der Waals surface area contributed by atoms with Crippen molar-refractivity contribution in [2.24, 2.45) is 0 Å². The van der Waals surface area contributed by atoms with Crippen molar-refractivity contribution in [2.45, 2.75) is 71.7 Å². The Balaban J connectivity index is 1.64. The average molecular weight is 599 g/mol. The van der Waals surface area contributed by atoms with Crippen molar-refractivity contribution in [1.29, 1.82) is 0 Å². The molecule has 44 heavy (non-hydrogen) atoms. The van der Waals surface area contributed by atoms with Crippen LogP contribution in [0.15, 0.2) is 78.9 Å². The molecule has 0 saturated carbocycles. The maximum absolute atomic E-state index is 14.4. The van der Waals surface area contributed by atoms with Gasteiger partial charge in [0.05, 0.1) is 0 Å². The summed E-state index contributed by atoms with van der Waals surface area (Å²) in [6.45, 7) is 12.2. The molecule has 3 aromatic carbocycles. The van der Waals surface area contributed by atoms with E-state index < -0.39 is 19.1 Å². The lowest BCUT2D eigenvalue weighted by Gasteiger charge is -2.40. The van der Waals surface area contributed by atoms with Crippen LogP contribution in [0.3, 0.4) is 0 Å². The number of amides is 2. The minimum absolute atomic E-state index is 0.212. The van der Waals surface area contributed by atoms with Gasteiger partial charge in [0, 0.05) is 31.7 Å². The summed E-state index contributed by atoms with van der Waals surface area (Å²) in [5.41, 5.74) is 3.63. The van der Waals surface area contributed by atoms with Crippen LogP contribution in [0, 0.1) is 0 Å². The smallest absolute Gasteiger partial charge is 0.377 e. The largest absolute Gasteiger partial charge is 0.489 e. The third-order valence-electron chi connectivity index (χ3n) is 8.46. The Morgan fingerprint density at radius 2 is 1.64 bits per heavy atom. The number of hydrogen-bond acceptors (Lipinski definition) is 6.